The van der Waals surface area contributed by atoms with Crippen LogP contribution in [0.25, 0.3) is 11.3 Å². The van der Waals surface area contributed by atoms with Crippen LogP contribution in [-0.2, 0) is 6.54 Å². The third-order valence-electron chi connectivity index (χ3n) is 6.71. The van der Waals surface area contributed by atoms with E-state index in [0.717, 1.165) is 25.6 Å². The summed E-state index contributed by atoms with van der Waals surface area (Å²) < 4.78 is 7.50. The van der Waals surface area contributed by atoms with Gasteiger partial charge < -0.3 is 13.9 Å². The van der Waals surface area contributed by atoms with E-state index in [9.17, 15) is 4.79 Å². The van der Waals surface area contributed by atoms with Crippen LogP contribution in [-0.4, -0.2) is 29.1 Å². The summed E-state index contributed by atoms with van der Waals surface area (Å²) in [6.45, 7) is 4.40. The lowest BCUT2D eigenvalue weighted by Crippen LogP contribution is -2.48. The zero-order chi connectivity index (χ0) is 17.5. The molecule has 0 radical (unpaired) electrons. The van der Waals surface area contributed by atoms with Crippen molar-refractivity contribution >= 4 is 0 Å². The number of piperidine rings is 1. The predicted molar refractivity (Wildman–Crippen MR) is 102 cm³/mol. The van der Waals surface area contributed by atoms with Gasteiger partial charge in [0.05, 0.1) is 11.8 Å². The fourth-order valence-electron chi connectivity index (χ4n) is 5.55. The number of nitrogens with zero attached hydrogens (tertiary/aromatic N) is 2. The maximum Gasteiger partial charge on any atom is 0.261 e. The summed E-state index contributed by atoms with van der Waals surface area (Å²) in [7, 11) is 0. The molecule has 2 aliphatic heterocycles. The van der Waals surface area contributed by atoms with Crippen molar-refractivity contribution in [2.45, 2.75) is 51.0 Å². The highest BCUT2D eigenvalue weighted by Gasteiger charge is 2.35. The Balaban J connectivity index is 1.39. The number of furan rings is 1. The quantitative estimate of drug-likeness (QED) is 0.834. The molecule has 1 aliphatic carbocycles. The summed E-state index contributed by atoms with van der Waals surface area (Å²) in [5, 5.41) is 0. The van der Waals surface area contributed by atoms with E-state index in [2.05, 4.69) is 11.0 Å². The molecule has 2 aromatic rings. The molecular weight excluding hydrogens is 324 g/mol. The van der Waals surface area contributed by atoms with Crippen LogP contribution in [0.3, 0.4) is 0 Å². The molecule has 3 aliphatic rings. The molecule has 2 atom stereocenters. The van der Waals surface area contributed by atoms with Crippen LogP contribution in [0.15, 0.2) is 39.7 Å². The summed E-state index contributed by atoms with van der Waals surface area (Å²) in [5.74, 6) is 2.69. The highest BCUT2D eigenvalue weighted by Crippen LogP contribution is 2.37. The first kappa shape index (κ1) is 16.4. The second-order valence-corrected chi connectivity index (χ2v) is 8.59. The molecule has 26 heavy (non-hydrogen) atoms. The first-order valence-electron chi connectivity index (χ1n) is 10.3. The topological polar surface area (TPSA) is 38.4 Å². The van der Waals surface area contributed by atoms with E-state index in [-0.39, 0.29) is 5.56 Å². The number of fused-ring (bicyclic) bond motifs is 4. The molecule has 2 bridgehead atoms. The van der Waals surface area contributed by atoms with E-state index in [1.165, 1.54) is 50.8 Å². The van der Waals surface area contributed by atoms with E-state index in [1.54, 1.807) is 6.26 Å². The van der Waals surface area contributed by atoms with E-state index < -0.39 is 0 Å². The van der Waals surface area contributed by atoms with Crippen molar-refractivity contribution in [2.24, 2.45) is 11.8 Å². The Kier molecular flexibility index (Phi) is 4.24. The van der Waals surface area contributed by atoms with Crippen molar-refractivity contribution in [3.05, 3.63) is 46.6 Å². The molecule has 1 saturated heterocycles. The molecule has 5 rings (SSSR count). The molecule has 4 nitrogen and oxygen atoms in total. The van der Waals surface area contributed by atoms with Crippen LogP contribution < -0.4 is 5.56 Å². The molecule has 4 heteroatoms. The summed E-state index contributed by atoms with van der Waals surface area (Å²) in [5.41, 5.74) is 2.04. The molecular formula is C22H28N2O2. The lowest BCUT2D eigenvalue weighted by atomic mass is 9.81. The lowest BCUT2D eigenvalue weighted by Gasteiger charge is -2.44. The lowest BCUT2D eigenvalue weighted by molar-refractivity contribution is 0.0967. The minimum Gasteiger partial charge on any atom is -0.464 e. The molecule has 4 heterocycles. The number of pyridine rings is 1. The number of hydrogen-bond donors (Lipinski definition) is 0. The Hall–Kier alpha value is -1.81. The molecule has 0 aromatic carbocycles. The van der Waals surface area contributed by atoms with Gasteiger partial charge in [-0.25, -0.2) is 0 Å². The largest absolute Gasteiger partial charge is 0.464 e. The van der Waals surface area contributed by atoms with Crippen LogP contribution in [0.5, 0.6) is 0 Å². The second kappa shape index (κ2) is 6.73. The summed E-state index contributed by atoms with van der Waals surface area (Å²) in [6, 6.07) is 7.85. The van der Waals surface area contributed by atoms with Crippen LogP contribution >= 0.6 is 0 Å². The van der Waals surface area contributed by atoms with Crippen molar-refractivity contribution in [3.8, 4) is 11.3 Å². The van der Waals surface area contributed by atoms with Crippen molar-refractivity contribution in [1.82, 2.24) is 9.47 Å². The van der Waals surface area contributed by atoms with Crippen molar-refractivity contribution < 1.29 is 4.42 Å². The standard InChI is InChI=1S/C22H28N2O2/c25-22-19(21-7-4-10-26-21)8-9-20-18-11-17(14-24(20)22)13-23(15-18)12-16-5-2-1-3-6-16/h4,7-10,16-18H,1-3,5-6,11-15H2/t17-,18-/m1/s1. The van der Waals surface area contributed by atoms with Gasteiger partial charge in [0.15, 0.2) is 0 Å². The van der Waals surface area contributed by atoms with Gasteiger partial charge >= 0.3 is 0 Å². The van der Waals surface area contributed by atoms with Crippen LogP contribution in [0.1, 0.15) is 50.1 Å². The summed E-state index contributed by atoms with van der Waals surface area (Å²) in [4.78, 5) is 15.7. The van der Waals surface area contributed by atoms with Gasteiger partial charge in [-0.2, -0.15) is 0 Å². The fraction of sp³-hybridized carbons (Fsp3) is 0.591. The minimum atomic E-state index is 0.118. The average Bonchev–Trinajstić information content (AvgIpc) is 3.18. The van der Waals surface area contributed by atoms with Crippen molar-refractivity contribution in [1.29, 1.82) is 0 Å². The van der Waals surface area contributed by atoms with Crippen LogP contribution in [0, 0.1) is 11.8 Å². The summed E-state index contributed by atoms with van der Waals surface area (Å²) in [6.07, 6.45) is 9.95. The molecule has 0 N–H and O–H groups in total. The molecule has 2 fully saturated rings. The molecule has 138 valence electrons. The zero-order valence-electron chi connectivity index (χ0n) is 15.4. The number of hydrogen-bond acceptors (Lipinski definition) is 3. The normalized spacial score (nSPS) is 26.6. The van der Waals surface area contributed by atoms with Gasteiger partial charge in [0.2, 0.25) is 0 Å². The number of aromatic nitrogens is 1. The Morgan fingerprint density at radius 1 is 1.04 bits per heavy atom. The van der Waals surface area contributed by atoms with Gasteiger partial charge in [0.25, 0.3) is 5.56 Å². The third-order valence-corrected chi connectivity index (χ3v) is 6.71. The minimum absolute atomic E-state index is 0.118. The molecule has 0 unspecified atom stereocenters. The van der Waals surface area contributed by atoms with Gasteiger partial charge in [0.1, 0.15) is 5.76 Å². The Morgan fingerprint density at radius 3 is 2.73 bits per heavy atom. The van der Waals surface area contributed by atoms with Gasteiger partial charge in [0, 0.05) is 37.8 Å². The summed E-state index contributed by atoms with van der Waals surface area (Å²) >= 11 is 0. The number of likely N-dealkylation sites (tertiary alicyclic amines) is 1. The smallest absolute Gasteiger partial charge is 0.261 e. The van der Waals surface area contributed by atoms with E-state index >= 15 is 0 Å². The van der Waals surface area contributed by atoms with Gasteiger partial charge in [-0.15, -0.1) is 0 Å². The van der Waals surface area contributed by atoms with Crippen molar-refractivity contribution in [3.63, 3.8) is 0 Å². The average molecular weight is 352 g/mol. The monoisotopic (exact) mass is 352 g/mol. The van der Waals surface area contributed by atoms with Gasteiger partial charge in [-0.05, 0) is 55.4 Å². The first-order valence-corrected chi connectivity index (χ1v) is 10.3. The van der Waals surface area contributed by atoms with Gasteiger partial charge in [-0.1, -0.05) is 19.3 Å². The van der Waals surface area contributed by atoms with E-state index in [1.807, 2.05) is 22.8 Å². The SMILES string of the molecule is O=c1c(-c2ccco2)ccc2n1C[C@@H]1C[C@@H]2CN(CC2CCCCC2)C1. The maximum atomic E-state index is 13.0. The molecule has 0 amide bonds. The maximum absolute atomic E-state index is 13.0. The third kappa shape index (κ3) is 2.94. The Labute approximate surface area is 154 Å². The predicted octanol–water partition coefficient (Wildman–Crippen LogP) is 4.11. The molecule has 0 spiro atoms. The Bertz CT molecular complexity index is 817. The molecule has 1 saturated carbocycles. The highest BCUT2D eigenvalue weighted by atomic mass is 16.3. The Morgan fingerprint density at radius 2 is 1.92 bits per heavy atom. The van der Waals surface area contributed by atoms with E-state index in [4.69, 9.17) is 4.42 Å². The van der Waals surface area contributed by atoms with Crippen LogP contribution in [0.2, 0.25) is 0 Å². The van der Waals surface area contributed by atoms with Crippen LogP contribution in [0.4, 0.5) is 0 Å². The number of rotatable bonds is 3. The fourth-order valence-corrected chi connectivity index (χ4v) is 5.55. The van der Waals surface area contributed by atoms with Crippen molar-refractivity contribution in [2.75, 3.05) is 19.6 Å². The van der Waals surface area contributed by atoms with E-state index in [0.29, 0.717) is 23.2 Å². The molecule has 2 aromatic heterocycles. The second-order valence-electron chi connectivity index (χ2n) is 8.59. The zero-order valence-corrected chi connectivity index (χ0v) is 15.4. The highest BCUT2D eigenvalue weighted by molar-refractivity contribution is 5.56. The van der Waals surface area contributed by atoms with Gasteiger partial charge in [-0.3, -0.25) is 4.79 Å². The first-order chi connectivity index (χ1) is 12.8.